The highest BCUT2D eigenvalue weighted by Gasteiger charge is 2.19. The summed E-state index contributed by atoms with van der Waals surface area (Å²) in [5.41, 5.74) is 1.80. The number of hydrogen-bond donors (Lipinski definition) is 2. The van der Waals surface area contributed by atoms with Crippen molar-refractivity contribution in [3.05, 3.63) is 24.7 Å². The molecule has 0 radical (unpaired) electrons. The zero-order valence-corrected chi connectivity index (χ0v) is 14.6. The average molecular weight is 330 g/mol. The molecule has 0 aliphatic heterocycles. The second kappa shape index (κ2) is 6.71. The van der Waals surface area contributed by atoms with E-state index in [1.54, 1.807) is 6.20 Å². The number of carbonyl (C=O) groups excluding carboxylic acids is 1. The molecule has 1 amide bonds. The molecule has 0 spiro atoms. The highest BCUT2D eigenvalue weighted by molar-refractivity contribution is 5.90. The first-order valence-corrected chi connectivity index (χ1v) is 8.64. The maximum Gasteiger partial charge on any atom is 0.412 e. The predicted molar refractivity (Wildman–Crippen MR) is 95.5 cm³/mol. The second-order valence-corrected chi connectivity index (χ2v) is 7.41. The molecule has 6 nitrogen and oxygen atoms in total. The quantitative estimate of drug-likeness (QED) is 0.874. The summed E-state index contributed by atoms with van der Waals surface area (Å²) in [6, 6.07) is 2.43. The highest BCUT2D eigenvalue weighted by Crippen LogP contribution is 2.26. The van der Waals surface area contributed by atoms with Crippen LogP contribution >= 0.6 is 0 Å². The summed E-state index contributed by atoms with van der Waals surface area (Å²) in [6.07, 6.45) is 11.4. The van der Waals surface area contributed by atoms with Crippen LogP contribution in [0.25, 0.3) is 5.65 Å². The van der Waals surface area contributed by atoms with Crippen molar-refractivity contribution in [2.45, 2.75) is 64.5 Å². The first-order valence-electron chi connectivity index (χ1n) is 8.64. The SMILES string of the molecule is CC(C)(C)OC(=O)Nc1cc(NC2CCCCC2)cn2ccnc12. The van der Waals surface area contributed by atoms with Crippen LogP contribution in [0.1, 0.15) is 52.9 Å². The van der Waals surface area contributed by atoms with Gasteiger partial charge in [0.15, 0.2) is 5.65 Å². The lowest BCUT2D eigenvalue weighted by Crippen LogP contribution is -2.27. The van der Waals surface area contributed by atoms with Crippen LogP contribution in [0, 0.1) is 0 Å². The van der Waals surface area contributed by atoms with Crippen LogP contribution in [0.15, 0.2) is 24.7 Å². The normalized spacial score (nSPS) is 16.1. The Labute approximate surface area is 142 Å². The Morgan fingerprint density at radius 2 is 2.04 bits per heavy atom. The number of amides is 1. The van der Waals surface area contributed by atoms with Crippen LogP contribution in [0.5, 0.6) is 0 Å². The molecule has 0 saturated heterocycles. The molecule has 130 valence electrons. The Bertz CT molecular complexity index is 711. The lowest BCUT2D eigenvalue weighted by molar-refractivity contribution is 0.0636. The molecular formula is C18H26N4O2. The summed E-state index contributed by atoms with van der Waals surface area (Å²) in [4.78, 5) is 16.4. The van der Waals surface area contributed by atoms with Crippen LogP contribution < -0.4 is 10.6 Å². The molecule has 1 fully saturated rings. The molecule has 2 aromatic rings. The summed E-state index contributed by atoms with van der Waals surface area (Å²) < 4.78 is 7.26. The van der Waals surface area contributed by atoms with Crippen LogP contribution in [0.4, 0.5) is 16.2 Å². The van der Waals surface area contributed by atoms with Crippen molar-refractivity contribution in [3.8, 4) is 0 Å². The second-order valence-electron chi connectivity index (χ2n) is 7.41. The summed E-state index contributed by atoms with van der Waals surface area (Å²) in [7, 11) is 0. The maximum absolute atomic E-state index is 12.1. The Hall–Kier alpha value is -2.24. The molecule has 0 atom stereocenters. The standard InChI is InChI=1S/C18H26N4O2/c1-18(2,3)24-17(23)21-15-11-14(12-22-10-9-19-16(15)22)20-13-7-5-4-6-8-13/h9-13,20H,4-8H2,1-3H3,(H,21,23). The number of pyridine rings is 1. The predicted octanol–water partition coefficient (Wildman–Crippen LogP) is 4.43. The van der Waals surface area contributed by atoms with Gasteiger partial charge < -0.3 is 14.5 Å². The van der Waals surface area contributed by atoms with Gasteiger partial charge >= 0.3 is 6.09 Å². The van der Waals surface area contributed by atoms with Crippen molar-refractivity contribution in [3.63, 3.8) is 0 Å². The number of anilines is 2. The maximum atomic E-state index is 12.1. The summed E-state index contributed by atoms with van der Waals surface area (Å²) in [5, 5.41) is 6.40. The Kier molecular flexibility index (Phi) is 4.64. The first-order chi connectivity index (χ1) is 11.4. The van der Waals surface area contributed by atoms with Gasteiger partial charge in [0.2, 0.25) is 0 Å². The number of nitrogens with zero attached hydrogens (tertiary/aromatic N) is 2. The lowest BCUT2D eigenvalue weighted by atomic mass is 9.95. The molecular weight excluding hydrogens is 304 g/mol. The van der Waals surface area contributed by atoms with Gasteiger partial charge in [-0.3, -0.25) is 5.32 Å². The Morgan fingerprint density at radius 3 is 2.75 bits per heavy atom. The van der Waals surface area contributed by atoms with E-state index in [2.05, 4.69) is 15.6 Å². The molecule has 1 aliphatic rings. The molecule has 0 aromatic carbocycles. The highest BCUT2D eigenvalue weighted by atomic mass is 16.6. The molecule has 0 bridgehead atoms. The van der Waals surface area contributed by atoms with Crippen LogP contribution in [-0.4, -0.2) is 27.1 Å². The fourth-order valence-electron chi connectivity index (χ4n) is 3.10. The van der Waals surface area contributed by atoms with Gasteiger partial charge in [0.25, 0.3) is 0 Å². The molecule has 24 heavy (non-hydrogen) atoms. The Morgan fingerprint density at radius 1 is 1.29 bits per heavy atom. The van der Waals surface area contributed by atoms with E-state index < -0.39 is 11.7 Å². The minimum absolute atomic E-state index is 0.470. The zero-order chi connectivity index (χ0) is 17.2. The first kappa shape index (κ1) is 16.6. The molecule has 0 unspecified atom stereocenters. The summed E-state index contributed by atoms with van der Waals surface area (Å²) in [5.74, 6) is 0. The number of ether oxygens (including phenoxy) is 1. The monoisotopic (exact) mass is 330 g/mol. The third kappa shape index (κ3) is 4.19. The molecule has 6 heteroatoms. The zero-order valence-electron chi connectivity index (χ0n) is 14.6. The fraction of sp³-hybridized carbons (Fsp3) is 0.556. The molecule has 2 N–H and O–H groups in total. The molecule has 3 rings (SSSR count). The van der Waals surface area contributed by atoms with Crippen molar-refractivity contribution in [2.24, 2.45) is 0 Å². The molecule has 1 aliphatic carbocycles. The third-order valence-electron chi connectivity index (χ3n) is 4.10. The number of fused-ring (bicyclic) bond motifs is 1. The van der Waals surface area contributed by atoms with Gasteiger partial charge in [-0.25, -0.2) is 9.78 Å². The number of imidazole rings is 1. The molecule has 1 saturated carbocycles. The largest absolute Gasteiger partial charge is 0.444 e. The van der Waals surface area contributed by atoms with Gasteiger partial charge in [-0.2, -0.15) is 0 Å². The molecule has 2 heterocycles. The van der Waals surface area contributed by atoms with Crippen LogP contribution in [0.3, 0.4) is 0 Å². The number of aromatic nitrogens is 2. The van der Waals surface area contributed by atoms with E-state index in [0.29, 0.717) is 17.4 Å². The Balaban J connectivity index is 1.80. The smallest absolute Gasteiger partial charge is 0.412 e. The van der Waals surface area contributed by atoms with E-state index in [1.165, 1.54) is 32.1 Å². The molecule has 2 aromatic heterocycles. The van der Waals surface area contributed by atoms with Crippen molar-refractivity contribution >= 4 is 23.1 Å². The van der Waals surface area contributed by atoms with E-state index in [0.717, 1.165) is 5.69 Å². The summed E-state index contributed by atoms with van der Waals surface area (Å²) >= 11 is 0. The van der Waals surface area contributed by atoms with Gasteiger partial charge in [-0.05, 0) is 39.7 Å². The van der Waals surface area contributed by atoms with E-state index in [9.17, 15) is 4.79 Å². The summed E-state index contributed by atoms with van der Waals surface area (Å²) in [6.45, 7) is 5.54. The van der Waals surface area contributed by atoms with E-state index in [1.807, 2.05) is 43.6 Å². The van der Waals surface area contributed by atoms with Crippen molar-refractivity contribution in [2.75, 3.05) is 10.6 Å². The number of nitrogens with one attached hydrogen (secondary N) is 2. The van der Waals surface area contributed by atoms with E-state index >= 15 is 0 Å². The number of rotatable bonds is 3. The van der Waals surface area contributed by atoms with Gasteiger partial charge in [0.1, 0.15) is 5.60 Å². The van der Waals surface area contributed by atoms with Crippen molar-refractivity contribution in [1.29, 1.82) is 0 Å². The number of carbonyl (C=O) groups is 1. The minimum atomic E-state index is -0.534. The van der Waals surface area contributed by atoms with E-state index in [-0.39, 0.29) is 0 Å². The average Bonchev–Trinajstić information content (AvgIpc) is 2.95. The van der Waals surface area contributed by atoms with Gasteiger partial charge in [-0.1, -0.05) is 19.3 Å². The van der Waals surface area contributed by atoms with Crippen LogP contribution in [-0.2, 0) is 4.74 Å². The fourth-order valence-corrected chi connectivity index (χ4v) is 3.10. The minimum Gasteiger partial charge on any atom is -0.444 e. The van der Waals surface area contributed by atoms with E-state index in [4.69, 9.17) is 4.74 Å². The van der Waals surface area contributed by atoms with Gasteiger partial charge in [-0.15, -0.1) is 0 Å². The lowest BCUT2D eigenvalue weighted by Gasteiger charge is -2.24. The van der Waals surface area contributed by atoms with Gasteiger partial charge in [0.05, 0.1) is 11.4 Å². The number of hydrogen-bond acceptors (Lipinski definition) is 4. The van der Waals surface area contributed by atoms with Gasteiger partial charge in [0, 0.05) is 24.6 Å². The van der Waals surface area contributed by atoms with Crippen LogP contribution in [0.2, 0.25) is 0 Å². The third-order valence-corrected chi connectivity index (χ3v) is 4.10. The topological polar surface area (TPSA) is 67.7 Å². The van der Waals surface area contributed by atoms with Crippen molar-refractivity contribution < 1.29 is 9.53 Å². The van der Waals surface area contributed by atoms with Crippen molar-refractivity contribution in [1.82, 2.24) is 9.38 Å².